The Kier molecular flexibility index (Phi) is 9.15. The number of aliphatic hydroxyl groups excluding tert-OH is 1. The maximum Gasteiger partial charge on any atom is 0.267 e. The Hall–Kier alpha value is -4.30. The number of pyridine rings is 1. The lowest BCUT2D eigenvalue weighted by Gasteiger charge is -2.13. The molecule has 1 aromatic heterocycles. The van der Waals surface area contributed by atoms with Gasteiger partial charge in [-0.05, 0) is 46.5 Å². The minimum absolute atomic E-state index is 0.436. The molecule has 0 aliphatic carbocycles. The summed E-state index contributed by atoms with van der Waals surface area (Å²) in [6.45, 7) is 1.27. The molecule has 1 atom stereocenters. The van der Waals surface area contributed by atoms with Gasteiger partial charge >= 0.3 is 0 Å². The number of hydroxylamine groups is 1. The van der Waals surface area contributed by atoms with E-state index in [9.17, 15) is 9.90 Å². The summed E-state index contributed by atoms with van der Waals surface area (Å²) >= 11 is 0. The highest BCUT2D eigenvalue weighted by Gasteiger charge is 2.07. The molecular formula is C30H30N4O3. The van der Waals surface area contributed by atoms with Crippen LogP contribution >= 0.6 is 0 Å². The van der Waals surface area contributed by atoms with E-state index in [1.54, 1.807) is 11.6 Å². The van der Waals surface area contributed by atoms with Crippen LogP contribution < -0.4 is 16.1 Å². The summed E-state index contributed by atoms with van der Waals surface area (Å²) in [5.41, 5.74) is 8.58. The number of aromatic nitrogens is 1. The minimum Gasteiger partial charge on any atom is -0.381 e. The van der Waals surface area contributed by atoms with E-state index in [1.165, 1.54) is 6.08 Å². The molecule has 4 aromatic rings. The number of nitrogens with zero attached hydrogens (tertiary/aromatic N) is 1. The van der Waals surface area contributed by atoms with Gasteiger partial charge in [0.25, 0.3) is 5.91 Å². The molecule has 0 aliphatic heterocycles. The third kappa shape index (κ3) is 8.12. The number of aliphatic hydroxyl groups is 1. The molecule has 0 fully saturated rings. The fourth-order valence-corrected chi connectivity index (χ4v) is 3.76. The number of carbonyl (C=O) groups excluding carboxylic acids is 1. The van der Waals surface area contributed by atoms with Crippen LogP contribution in [0.4, 0.5) is 5.69 Å². The number of amides is 1. The van der Waals surface area contributed by atoms with E-state index in [2.05, 4.69) is 27.8 Å². The molecule has 4 rings (SSSR count). The average Bonchev–Trinajstić information content (AvgIpc) is 2.95. The summed E-state index contributed by atoms with van der Waals surface area (Å²) in [6.07, 6.45) is 4.51. The lowest BCUT2D eigenvalue weighted by molar-refractivity contribution is -0.124. The Morgan fingerprint density at radius 2 is 1.54 bits per heavy atom. The van der Waals surface area contributed by atoms with Crippen molar-refractivity contribution in [3.63, 3.8) is 0 Å². The predicted molar refractivity (Wildman–Crippen MR) is 145 cm³/mol. The van der Waals surface area contributed by atoms with Crippen LogP contribution in [0, 0.1) is 0 Å². The summed E-state index contributed by atoms with van der Waals surface area (Å²) in [5, 5.41) is 25.4. The molecule has 0 saturated heterocycles. The molecule has 0 saturated carbocycles. The first-order valence-corrected chi connectivity index (χ1v) is 12.0. The topological polar surface area (TPSA) is 107 Å². The molecule has 7 heteroatoms. The van der Waals surface area contributed by atoms with Crippen LogP contribution in [0.15, 0.2) is 103 Å². The van der Waals surface area contributed by atoms with E-state index in [0.29, 0.717) is 19.5 Å². The molecular weight excluding hydrogens is 464 g/mol. The average molecular weight is 495 g/mol. The number of carbonyl (C=O) groups is 1. The summed E-state index contributed by atoms with van der Waals surface area (Å²) in [5.74, 6) is -0.563. The second-order valence-electron chi connectivity index (χ2n) is 8.61. The molecule has 3 aromatic carbocycles. The summed E-state index contributed by atoms with van der Waals surface area (Å²) < 4.78 is 0. The zero-order chi connectivity index (χ0) is 25.9. The van der Waals surface area contributed by atoms with Gasteiger partial charge in [0, 0.05) is 48.7 Å². The molecule has 5 N–H and O–H groups in total. The van der Waals surface area contributed by atoms with Gasteiger partial charge in [-0.2, -0.15) is 0 Å². The molecule has 37 heavy (non-hydrogen) atoms. The van der Waals surface area contributed by atoms with E-state index in [-0.39, 0.29) is 0 Å². The highest BCUT2D eigenvalue weighted by Crippen LogP contribution is 2.21. The predicted octanol–water partition coefficient (Wildman–Crippen LogP) is 4.53. The van der Waals surface area contributed by atoms with Crippen molar-refractivity contribution in [1.29, 1.82) is 0 Å². The third-order valence-electron chi connectivity index (χ3n) is 5.84. The molecule has 1 heterocycles. The Labute approximate surface area is 216 Å². The first kappa shape index (κ1) is 25.8. The van der Waals surface area contributed by atoms with Crippen molar-refractivity contribution in [2.45, 2.75) is 25.7 Å². The van der Waals surface area contributed by atoms with Gasteiger partial charge < -0.3 is 10.4 Å². The van der Waals surface area contributed by atoms with Crippen molar-refractivity contribution in [3.8, 4) is 11.1 Å². The van der Waals surface area contributed by atoms with Crippen molar-refractivity contribution >= 4 is 17.7 Å². The van der Waals surface area contributed by atoms with Crippen molar-refractivity contribution in [1.82, 2.24) is 15.8 Å². The normalized spacial score (nSPS) is 11.8. The SMILES string of the molecule is O=C(/C=C/c1ccc(CNc2ccc(-c3ccc(CC(O)NCc4ccccc4)nc3)cc2)cc1)NO. The monoisotopic (exact) mass is 494 g/mol. The van der Waals surface area contributed by atoms with Gasteiger partial charge in [-0.15, -0.1) is 0 Å². The van der Waals surface area contributed by atoms with Crippen LogP contribution in [-0.4, -0.2) is 27.4 Å². The van der Waals surface area contributed by atoms with Gasteiger partial charge in [-0.1, -0.05) is 72.8 Å². The number of anilines is 1. The van der Waals surface area contributed by atoms with E-state index < -0.39 is 12.1 Å². The fourth-order valence-electron chi connectivity index (χ4n) is 3.76. The largest absolute Gasteiger partial charge is 0.381 e. The van der Waals surface area contributed by atoms with Gasteiger partial charge in [0.2, 0.25) is 0 Å². The van der Waals surface area contributed by atoms with Crippen LogP contribution in [0.2, 0.25) is 0 Å². The van der Waals surface area contributed by atoms with Crippen molar-refractivity contribution in [2.75, 3.05) is 5.32 Å². The zero-order valence-electron chi connectivity index (χ0n) is 20.3. The highest BCUT2D eigenvalue weighted by molar-refractivity contribution is 5.90. The zero-order valence-corrected chi connectivity index (χ0v) is 20.3. The number of benzene rings is 3. The number of hydrogen-bond acceptors (Lipinski definition) is 6. The van der Waals surface area contributed by atoms with Gasteiger partial charge in [0.05, 0.1) is 0 Å². The Balaban J connectivity index is 1.25. The van der Waals surface area contributed by atoms with E-state index in [1.807, 2.05) is 85.1 Å². The minimum atomic E-state index is -0.663. The molecule has 188 valence electrons. The molecule has 7 nitrogen and oxygen atoms in total. The number of nitrogens with one attached hydrogen (secondary N) is 3. The smallest absolute Gasteiger partial charge is 0.267 e. The van der Waals surface area contributed by atoms with Crippen molar-refractivity contribution in [3.05, 3.63) is 126 Å². The van der Waals surface area contributed by atoms with Gasteiger partial charge in [0.1, 0.15) is 6.23 Å². The number of rotatable bonds is 11. The maximum absolute atomic E-state index is 11.1. The first-order valence-electron chi connectivity index (χ1n) is 12.0. The van der Waals surface area contributed by atoms with E-state index in [0.717, 1.165) is 39.2 Å². The van der Waals surface area contributed by atoms with Crippen LogP contribution in [0.3, 0.4) is 0 Å². The Morgan fingerprint density at radius 3 is 2.22 bits per heavy atom. The quantitative estimate of drug-likeness (QED) is 0.0908. The van der Waals surface area contributed by atoms with Crippen LogP contribution in [0.25, 0.3) is 17.2 Å². The second-order valence-corrected chi connectivity index (χ2v) is 8.61. The van der Waals surface area contributed by atoms with Crippen LogP contribution in [-0.2, 0) is 24.3 Å². The second kappa shape index (κ2) is 13.1. The maximum atomic E-state index is 11.1. The van der Waals surface area contributed by atoms with Gasteiger partial charge in [0.15, 0.2) is 0 Å². The standard InChI is InChI=1S/C30H30N4O3/c35-29(34-37)17-10-22-6-8-24(9-7-22)19-31-27-14-11-25(12-15-27)26-13-16-28(32-21-26)18-30(36)33-20-23-4-2-1-3-5-23/h1-17,21,30-31,33,36-37H,18-20H2,(H,34,35)/b17-10+. The molecule has 1 amide bonds. The Bertz CT molecular complexity index is 1290. The lowest BCUT2D eigenvalue weighted by Crippen LogP contribution is -2.30. The molecule has 0 radical (unpaired) electrons. The molecule has 0 aliphatic rings. The summed E-state index contributed by atoms with van der Waals surface area (Å²) in [6, 6.07) is 29.9. The van der Waals surface area contributed by atoms with Gasteiger partial charge in [-0.25, -0.2) is 5.48 Å². The van der Waals surface area contributed by atoms with Crippen molar-refractivity contribution < 1.29 is 15.1 Å². The number of hydrogen-bond donors (Lipinski definition) is 5. The highest BCUT2D eigenvalue weighted by atomic mass is 16.5. The van der Waals surface area contributed by atoms with Gasteiger partial charge in [-0.3, -0.25) is 20.3 Å². The third-order valence-corrected chi connectivity index (χ3v) is 5.84. The van der Waals surface area contributed by atoms with Crippen molar-refractivity contribution in [2.24, 2.45) is 0 Å². The summed E-state index contributed by atoms with van der Waals surface area (Å²) in [7, 11) is 0. The molecule has 0 bridgehead atoms. The lowest BCUT2D eigenvalue weighted by atomic mass is 10.1. The van der Waals surface area contributed by atoms with E-state index in [4.69, 9.17) is 5.21 Å². The van der Waals surface area contributed by atoms with E-state index >= 15 is 0 Å². The van der Waals surface area contributed by atoms with Crippen LogP contribution in [0.1, 0.15) is 22.4 Å². The Morgan fingerprint density at radius 1 is 0.838 bits per heavy atom. The van der Waals surface area contributed by atoms with Crippen LogP contribution in [0.5, 0.6) is 0 Å². The molecule has 0 spiro atoms. The molecule has 1 unspecified atom stereocenters. The fraction of sp³-hybridized carbons (Fsp3) is 0.133. The first-order chi connectivity index (χ1) is 18.1. The summed E-state index contributed by atoms with van der Waals surface area (Å²) in [4.78, 5) is 15.6.